The molecule has 1 unspecified atom stereocenters. The number of aliphatic carboxylic acids is 1. The number of sulfonamides is 1. The van der Waals surface area contributed by atoms with Crippen LogP contribution in [0, 0.1) is 0 Å². The number of carbonyl (C=O) groups is 1. The lowest BCUT2D eigenvalue weighted by atomic mass is 10.1. The van der Waals surface area contributed by atoms with E-state index in [0.29, 0.717) is 19.4 Å². The van der Waals surface area contributed by atoms with Crippen molar-refractivity contribution in [3.63, 3.8) is 0 Å². The number of carboxylic acid groups (broad SMARTS) is 1. The first-order valence-corrected chi connectivity index (χ1v) is 8.42. The molecular weight excluding hydrogens is 339 g/mol. The fourth-order valence-corrected chi connectivity index (χ4v) is 3.24. The van der Waals surface area contributed by atoms with Gasteiger partial charge in [0.25, 0.3) is 0 Å². The number of rotatable bonds is 8. The van der Waals surface area contributed by atoms with Crippen LogP contribution in [0.2, 0.25) is 10.0 Å². The predicted octanol–water partition coefficient (Wildman–Crippen LogP) is 1.85. The van der Waals surface area contributed by atoms with E-state index in [1.165, 1.54) is 18.2 Å². The Kier molecular flexibility index (Phi) is 6.89. The lowest BCUT2D eigenvalue weighted by Crippen LogP contribution is -2.40. The van der Waals surface area contributed by atoms with Crippen molar-refractivity contribution in [1.29, 1.82) is 0 Å². The molecule has 1 aromatic carbocycles. The number of hydrogen-bond donors (Lipinski definition) is 3. The van der Waals surface area contributed by atoms with Crippen molar-refractivity contribution in [1.82, 2.24) is 4.72 Å². The Bertz CT molecular complexity index is 607. The van der Waals surface area contributed by atoms with Gasteiger partial charge in [0.2, 0.25) is 10.0 Å². The average Bonchev–Trinajstić information content (AvgIpc) is 2.40. The van der Waals surface area contributed by atoms with Crippen LogP contribution >= 0.6 is 23.2 Å². The molecule has 0 saturated carbocycles. The van der Waals surface area contributed by atoms with Crippen LogP contribution in [0.3, 0.4) is 0 Å². The maximum Gasteiger partial charge on any atom is 0.321 e. The normalized spacial score (nSPS) is 13.1. The van der Waals surface area contributed by atoms with Gasteiger partial charge in [0.1, 0.15) is 6.04 Å². The first-order valence-electron chi connectivity index (χ1n) is 6.18. The standard InChI is InChI=1S/C12H16Cl2N2O4S/c13-9-5-4-8(7-10(9)14)21(19,20)16-11(12(17)18)3-1-2-6-15/h4-5,7,11,16H,1-3,6,15H2,(H,17,18). The summed E-state index contributed by atoms with van der Waals surface area (Å²) in [7, 11) is -3.99. The summed E-state index contributed by atoms with van der Waals surface area (Å²) in [6.45, 7) is 0.423. The van der Waals surface area contributed by atoms with E-state index in [-0.39, 0.29) is 21.4 Å². The zero-order valence-electron chi connectivity index (χ0n) is 11.1. The summed E-state index contributed by atoms with van der Waals surface area (Å²) in [6, 6.07) is 2.55. The van der Waals surface area contributed by atoms with Crippen molar-refractivity contribution in [3.8, 4) is 0 Å². The van der Waals surface area contributed by atoms with Crippen molar-refractivity contribution >= 4 is 39.2 Å². The molecule has 0 radical (unpaired) electrons. The van der Waals surface area contributed by atoms with E-state index in [0.717, 1.165) is 0 Å². The van der Waals surface area contributed by atoms with Gasteiger partial charge in [0, 0.05) is 0 Å². The number of carboxylic acids is 1. The van der Waals surface area contributed by atoms with Crippen LogP contribution in [-0.2, 0) is 14.8 Å². The topological polar surface area (TPSA) is 109 Å². The minimum Gasteiger partial charge on any atom is -0.480 e. The summed E-state index contributed by atoms with van der Waals surface area (Å²) >= 11 is 11.5. The van der Waals surface area contributed by atoms with Crippen LogP contribution in [0.25, 0.3) is 0 Å². The van der Waals surface area contributed by atoms with Gasteiger partial charge in [-0.2, -0.15) is 4.72 Å². The second-order valence-corrected chi connectivity index (χ2v) is 6.90. The van der Waals surface area contributed by atoms with Gasteiger partial charge in [0.05, 0.1) is 14.9 Å². The molecule has 1 aromatic rings. The predicted molar refractivity (Wildman–Crippen MR) is 81.1 cm³/mol. The number of halogens is 2. The second-order valence-electron chi connectivity index (χ2n) is 4.37. The van der Waals surface area contributed by atoms with Crippen molar-refractivity contribution in [2.45, 2.75) is 30.2 Å². The Morgan fingerprint density at radius 2 is 1.95 bits per heavy atom. The lowest BCUT2D eigenvalue weighted by Gasteiger charge is -2.15. The molecule has 4 N–H and O–H groups in total. The monoisotopic (exact) mass is 354 g/mol. The number of unbranched alkanes of at least 4 members (excludes halogenated alkanes) is 1. The quantitative estimate of drug-likeness (QED) is 0.617. The van der Waals surface area contributed by atoms with Crippen LogP contribution in [0.1, 0.15) is 19.3 Å². The van der Waals surface area contributed by atoms with E-state index in [9.17, 15) is 13.2 Å². The van der Waals surface area contributed by atoms with Gasteiger partial charge in [-0.1, -0.05) is 29.6 Å². The summed E-state index contributed by atoms with van der Waals surface area (Å²) in [5.41, 5.74) is 5.33. The highest BCUT2D eigenvalue weighted by molar-refractivity contribution is 7.89. The Balaban J connectivity index is 2.89. The van der Waals surface area contributed by atoms with Crippen LogP contribution < -0.4 is 10.5 Å². The Hall–Kier alpha value is -0.860. The van der Waals surface area contributed by atoms with Gasteiger partial charge in [0.15, 0.2) is 0 Å². The smallest absolute Gasteiger partial charge is 0.321 e. The van der Waals surface area contributed by atoms with Crippen LogP contribution in [0.5, 0.6) is 0 Å². The Morgan fingerprint density at radius 3 is 2.48 bits per heavy atom. The molecule has 1 atom stereocenters. The van der Waals surface area contributed by atoms with Crippen molar-refractivity contribution in [2.24, 2.45) is 5.73 Å². The van der Waals surface area contributed by atoms with Crippen molar-refractivity contribution < 1.29 is 18.3 Å². The van der Waals surface area contributed by atoms with E-state index < -0.39 is 22.0 Å². The number of hydrogen-bond acceptors (Lipinski definition) is 4. The highest BCUT2D eigenvalue weighted by atomic mass is 35.5. The molecule has 0 heterocycles. The third-order valence-electron chi connectivity index (χ3n) is 2.74. The van der Waals surface area contributed by atoms with Crippen LogP contribution in [-0.4, -0.2) is 32.1 Å². The molecule has 118 valence electrons. The minimum absolute atomic E-state index is 0.0783. The third-order valence-corrected chi connectivity index (χ3v) is 4.95. The molecule has 1 rings (SSSR count). The van der Waals surface area contributed by atoms with Gasteiger partial charge in [-0.05, 0) is 37.6 Å². The lowest BCUT2D eigenvalue weighted by molar-refractivity contribution is -0.139. The van der Waals surface area contributed by atoms with Crippen LogP contribution in [0.15, 0.2) is 23.1 Å². The van der Waals surface area contributed by atoms with Gasteiger partial charge in [-0.25, -0.2) is 8.42 Å². The van der Waals surface area contributed by atoms with E-state index >= 15 is 0 Å². The SMILES string of the molecule is NCCCCC(NS(=O)(=O)c1ccc(Cl)c(Cl)c1)C(=O)O. The number of nitrogens with one attached hydrogen (secondary N) is 1. The molecule has 0 fully saturated rings. The highest BCUT2D eigenvalue weighted by Gasteiger charge is 2.25. The van der Waals surface area contributed by atoms with Gasteiger partial charge < -0.3 is 10.8 Å². The second kappa shape index (κ2) is 7.95. The molecule has 0 amide bonds. The largest absolute Gasteiger partial charge is 0.480 e. The molecule has 21 heavy (non-hydrogen) atoms. The molecule has 0 aromatic heterocycles. The van der Waals surface area contributed by atoms with E-state index in [1.54, 1.807) is 0 Å². The summed E-state index contributed by atoms with van der Waals surface area (Å²) in [5.74, 6) is -1.24. The maximum atomic E-state index is 12.1. The molecule has 0 aliphatic heterocycles. The number of benzene rings is 1. The fourth-order valence-electron chi connectivity index (χ4n) is 1.62. The molecule has 9 heteroatoms. The Morgan fingerprint density at radius 1 is 1.29 bits per heavy atom. The maximum absolute atomic E-state index is 12.1. The van der Waals surface area contributed by atoms with E-state index in [2.05, 4.69) is 4.72 Å². The van der Waals surface area contributed by atoms with Crippen molar-refractivity contribution in [2.75, 3.05) is 6.54 Å². The molecule has 0 aliphatic rings. The summed E-state index contributed by atoms with van der Waals surface area (Å²) < 4.78 is 26.4. The molecular formula is C12H16Cl2N2O4S. The van der Waals surface area contributed by atoms with Gasteiger partial charge in [-0.15, -0.1) is 0 Å². The highest BCUT2D eigenvalue weighted by Crippen LogP contribution is 2.25. The molecule has 0 saturated heterocycles. The fraction of sp³-hybridized carbons (Fsp3) is 0.417. The van der Waals surface area contributed by atoms with Crippen LogP contribution in [0.4, 0.5) is 0 Å². The van der Waals surface area contributed by atoms with Gasteiger partial charge in [-0.3, -0.25) is 4.79 Å². The van der Waals surface area contributed by atoms with Gasteiger partial charge >= 0.3 is 5.97 Å². The molecule has 6 nitrogen and oxygen atoms in total. The Labute approximate surface area is 133 Å². The zero-order chi connectivity index (χ0) is 16.0. The summed E-state index contributed by atoms with van der Waals surface area (Å²) in [5, 5.41) is 9.37. The third kappa shape index (κ3) is 5.44. The van der Waals surface area contributed by atoms with Crippen molar-refractivity contribution in [3.05, 3.63) is 28.2 Å². The average molecular weight is 355 g/mol. The summed E-state index contributed by atoms with van der Waals surface area (Å²) in [4.78, 5) is 11.0. The molecule has 0 aliphatic carbocycles. The number of nitrogens with two attached hydrogens (primary N) is 1. The first-order chi connectivity index (χ1) is 9.77. The zero-order valence-corrected chi connectivity index (χ0v) is 13.4. The van der Waals surface area contributed by atoms with E-state index in [4.69, 9.17) is 34.0 Å². The molecule has 0 spiro atoms. The summed E-state index contributed by atoms with van der Waals surface area (Å²) in [6.07, 6.45) is 1.29. The molecule has 0 bridgehead atoms. The first kappa shape index (κ1) is 18.2. The van der Waals surface area contributed by atoms with E-state index in [1.807, 2.05) is 0 Å². The minimum atomic E-state index is -3.99.